The number of fused-ring (bicyclic) bond motifs is 1. The zero-order valence-corrected chi connectivity index (χ0v) is 6.61. The van der Waals surface area contributed by atoms with Crippen LogP contribution in [-0.2, 0) is 0 Å². The van der Waals surface area contributed by atoms with E-state index in [4.69, 9.17) is 10.2 Å². The third kappa shape index (κ3) is 1.17. The lowest BCUT2D eigenvalue weighted by Crippen LogP contribution is -2.37. The van der Waals surface area contributed by atoms with Crippen LogP contribution in [0.4, 0.5) is 0 Å². The van der Waals surface area contributed by atoms with Crippen LogP contribution >= 0.6 is 0 Å². The second-order valence-corrected chi connectivity index (χ2v) is 3.63. The van der Waals surface area contributed by atoms with Gasteiger partial charge in [0.2, 0.25) is 0 Å². The van der Waals surface area contributed by atoms with Crippen LogP contribution in [0.1, 0.15) is 6.42 Å². The molecule has 1 saturated carbocycles. The largest absolute Gasteiger partial charge is 0.395 e. The van der Waals surface area contributed by atoms with Crippen LogP contribution in [0.2, 0.25) is 0 Å². The van der Waals surface area contributed by atoms with Crippen molar-refractivity contribution < 1.29 is 10.2 Å². The lowest BCUT2D eigenvalue weighted by molar-refractivity contribution is 0.115. The lowest BCUT2D eigenvalue weighted by Gasteiger charge is -2.24. The summed E-state index contributed by atoms with van der Waals surface area (Å²) in [6.45, 7) is 2.31. The topological polar surface area (TPSA) is 43.7 Å². The summed E-state index contributed by atoms with van der Waals surface area (Å²) >= 11 is 0. The van der Waals surface area contributed by atoms with Crippen molar-refractivity contribution in [2.45, 2.75) is 12.5 Å². The van der Waals surface area contributed by atoms with Crippen LogP contribution in [0.5, 0.6) is 0 Å². The number of aliphatic hydroxyl groups is 2. The number of β-amino-alcohol motifs (C(OH)–C–C–N with tert-alkyl or cyclic N) is 1. The molecule has 64 valence electrons. The van der Waals surface area contributed by atoms with Crippen molar-refractivity contribution in [3.05, 3.63) is 0 Å². The molecule has 2 fully saturated rings. The van der Waals surface area contributed by atoms with E-state index >= 15 is 0 Å². The molecule has 2 N–H and O–H groups in total. The molecule has 0 spiro atoms. The number of piperidine rings is 1. The van der Waals surface area contributed by atoms with Gasteiger partial charge in [0.05, 0.1) is 13.2 Å². The second kappa shape index (κ2) is 2.73. The third-order valence-corrected chi connectivity index (χ3v) is 2.98. The number of rotatable bonds is 3. The highest BCUT2D eigenvalue weighted by Gasteiger charge is 2.51. The highest BCUT2D eigenvalue weighted by Crippen LogP contribution is 2.48. The van der Waals surface area contributed by atoms with E-state index in [9.17, 15) is 0 Å². The van der Waals surface area contributed by atoms with E-state index in [1.54, 1.807) is 0 Å². The van der Waals surface area contributed by atoms with E-state index in [0.29, 0.717) is 6.04 Å². The Bertz CT molecular complexity index is 151. The number of aliphatic hydroxyl groups excluding tert-OH is 2. The zero-order chi connectivity index (χ0) is 7.84. The van der Waals surface area contributed by atoms with Gasteiger partial charge in [0.1, 0.15) is 0 Å². The van der Waals surface area contributed by atoms with Crippen molar-refractivity contribution in [3.8, 4) is 0 Å². The van der Waals surface area contributed by atoms with E-state index in [1.165, 1.54) is 6.42 Å². The summed E-state index contributed by atoms with van der Waals surface area (Å²) in [7, 11) is 0. The summed E-state index contributed by atoms with van der Waals surface area (Å²) in [6, 6.07) is 0.354. The molecule has 1 saturated heterocycles. The Morgan fingerprint density at radius 1 is 1.36 bits per heavy atom. The van der Waals surface area contributed by atoms with Gasteiger partial charge >= 0.3 is 0 Å². The Labute approximate surface area is 66.6 Å². The van der Waals surface area contributed by atoms with E-state index < -0.39 is 0 Å². The number of nitrogens with zero attached hydrogens (tertiary/aromatic N) is 1. The lowest BCUT2D eigenvalue weighted by atomic mass is 10.2. The molecule has 1 unspecified atom stereocenters. The number of likely N-dealkylation sites (tertiary alicyclic amines) is 1. The summed E-state index contributed by atoms with van der Waals surface area (Å²) < 4.78 is 0. The molecule has 0 aromatic heterocycles. The maximum absolute atomic E-state index is 9.04. The van der Waals surface area contributed by atoms with E-state index in [-0.39, 0.29) is 13.2 Å². The number of hydrogen-bond donors (Lipinski definition) is 2. The average Bonchev–Trinajstić information content (AvgIpc) is 2.65. The van der Waals surface area contributed by atoms with E-state index in [1.807, 2.05) is 0 Å². The standard InChI is InChI=1S/C8H15NO2/c10-2-1-9-4-6-3-7(6)8(9)5-11/h6-8,10-11H,1-5H2/t6-,7?,8-/m1/s1. The van der Waals surface area contributed by atoms with Gasteiger partial charge in [-0.05, 0) is 18.3 Å². The smallest absolute Gasteiger partial charge is 0.0589 e. The quantitative estimate of drug-likeness (QED) is 0.569. The van der Waals surface area contributed by atoms with Crippen molar-refractivity contribution in [2.75, 3.05) is 26.3 Å². The maximum atomic E-state index is 9.04. The molecule has 1 heterocycles. The molecule has 1 aliphatic heterocycles. The molecule has 3 atom stereocenters. The fourth-order valence-electron chi connectivity index (χ4n) is 2.30. The third-order valence-electron chi connectivity index (χ3n) is 2.98. The van der Waals surface area contributed by atoms with E-state index in [2.05, 4.69) is 4.90 Å². The van der Waals surface area contributed by atoms with Crippen LogP contribution in [0, 0.1) is 11.8 Å². The van der Waals surface area contributed by atoms with E-state index in [0.717, 1.165) is 24.9 Å². The fourth-order valence-corrected chi connectivity index (χ4v) is 2.30. The predicted octanol–water partition coefficient (Wildman–Crippen LogP) is -0.709. The molecule has 2 rings (SSSR count). The first-order chi connectivity index (χ1) is 5.36. The van der Waals surface area contributed by atoms with Crippen molar-refractivity contribution in [1.82, 2.24) is 4.90 Å². The summed E-state index contributed by atoms with van der Waals surface area (Å²) in [4.78, 5) is 2.21. The first-order valence-electron chi connectivity index (χ1n) is 4.32. The van der Waals surface area contributed by atoms with Gasteiger partial charge in [-0.1, -0.05) is 0 Å². The minimum Gasteiger partial charge on any atom is -0.395 e. The van der Waals surface area contributed by atoms with Gasteiger partial charge in [0, 0.05) is 19.1 Å². The van der Waals surface area contributed by atoms with Crippen LogP contribution in [0.3, 0.4) is 0 Å². The molecule has 0 aromatic rings. The molecule has 0 amide bonds. The molecule has 3 heteroatoms. The van der Waals surface area contributed by atoms with Gasteiger partial charge in [-0.2, -0.15) is 0 Å². The van der Waals surface area contributed by atoms with Crippen molar-refractivity contribution in [3.63, 3.8) is 0 Å². The van der Waals surface area contributed by atoms with Crippen molar-refractivity contribution in [1.29, 1.82) is 0 Å². The second-order valence-electron chi connectivity index (χ2n) is 3.63. The summed E-state index contributed by atoms with van der Waals surface area (Å²) in [5.74, 6) is 1.57. The molecule has 0 radical (unpaired) electrons. The first kappa shape index (κ1) is 7.53. The average molecular weight is 157 g/mol. The molecule has 0 aromatic carbocycles. The van der Waals surface area contributed by atoms with Gasteiger partial charge in [-0.25, -0.2) is 0 Å². The summed E-state index contributed by atoms with van der Waals surface area (Å²) in [5.41, 5.74) is 0. The van der Waals surface area contributed by atoms with Crippen molar-refractivity contribution >= 4 is 0 Å². The van der Waals surface area contributed by atoms with Crippen LogP contribution < -0.4 is 0 Å². The normalized spacial score (nSPS) is 42.5. The van der Waals surface area contributed by atoms with Gasteiger partial charge in [0.15, 0.2) is 0 Å². The van der Waals surface area contributed by atoms with Crippen molar-refractivity contribution in [2.24, 2.45) is 11.8 Å². The van der Waals surface area contributed by atoms with Gasteiger partial charge in [0.25, 0.3) is 0 Å². The highest BCUT2D eigenvalue weighted by atomic mass is 16.3. The summed E-state index contributed by atoms with van der Waals surface area (Å²) in [6.07, 6.45) is 1.30. The molecule has 11 heavy (non-hydrogen) atoms. The first-order valence-corrected chi connectivity index (χ1v) is 4.32. The number of hydrogen-bond acceptors (Lipinski definition) is 3. The minimum atomic E-state index is 0.218. The Kier molecular flexibility index (Phi) is 1.87. The summed E-state index contributed by atoms with van der Waals surface area (Å²) in [5, 5.41) is 17.8. The minimum absolute atomic E-state index is 0.218. The maximum Gasteiger partial charge on any atom is 0.0589 e. The zero-order valence-electron chi connectivity index (χ0n) is 6.61. The molecule has 3 nitrogen and oxygen atoms in total. The predicted molar refractivity (Wildman–Crippen MR) is 41.1 cm³/mol. The van der Waals surface area contributed by atoms with Crippen LogP contribution in [0.25, 0.3) is 0 Å². The molecular weight excluding hydrogens is 142 g/mol. The Morgan fingerprint density at radius 3 is 2.82 bits per heavy atom. The molecule has 1 aliphatic carbocycles. The van der Waals surface area contributed by atoms with Crippen LogP contribution in [-0.4, -0.2) is 47.5 Å². The SMILES string of the molecule is OCCN1C[C@H]2CC2[C@H]1CO. The van der Waals surface area contributed by atoms with Gasteiger partial charge in [-0.3, -0.25) is 4.90 Å². The Balaban J connectivity index is 1.90. The molecule has 2 aliphatic rings. The highest BCUT2D eigenvalue weighted by molar-refractivity contribution is 5.03. The molecule has 0 bridgehead atoms. The van der Waals surface area contributed by atoms with Gasteiger partial charge in [-0.15, -0.1) is 0 Å². The van der Waals surface area contributed by atoms with Crippen LogP contribution in [0.15, 0.2) is 0 Å². The van der Waals surface area contributed by atoms with Gasteiger partial charge < -0.3 is 10.2 Å². The molecular formula is C8H15NO2. The fraction of sp³-hybridized carbons (Fsp3) is 1.00. The Hall–Kier alpha value is -0.120. The monoisotopic (exact) mass is 157 g/mol. The Morgan fingerprint density at radius 2 is 2.18 bits per heavy atom.